The molecule has 142 valence electrons. The Labute approximate surface area is 163 Å². The second-order valence-corrected chi connectivity index (χ2v) is 8.42. The summed E-state index contributed by atoms with van der Waals surface area (Å²) in [6, 6.07) is 17.0. The van der Waals surface area contributed by atoms with Gasteiger partial charge in [-0.15, -0.1) is 12.4 Å². The summed E-state index contributed by atoms with van der Waals surface area (Å²) in [4.78, 5) is 0.409. The molecule has 1 fully saturated rings. The quantitative estimate of drug-likeness (QED) is 0.810. The highest BCUT2D eigenvalue weighted by Crippen LogP contribution is 2.31. The smallest absolute Gasteiger partial charge is 0.243 e. The maximum Gasteiger partial charge on any atom is 0.243 e. The molecule has 0 atom stereocenters. The topological polar surface area (TPSA) is 49.4 Å². The van der Waals surface area contributed by atoms with Gasteiger partial charge >= 0.3 is 0 Å². The molecule has 0 radical (unpaired) electrons. The molecule has 4 nitrogen and oxygen atoms in total. The van der Waals surface area contributed by atoms with Crippen molar-refractivity contribution >= 4 is 22.4 Å². The van der Waals surface area contributed by atoms with Gasteiger partial charge in [-0.25, -0.2) is 8.42 Å². The molecule has 0 bridgehead atoms. The number of halogens is 1. The van der Waals surface area contributed by atoms with Gasteiger partial charge in [0.25, 0.3) is 0 Å². The molecule has 0 aromatic heterocycles. The molecule has 0 aliphatic carbocycles. The predicted molar refractivity (Wildman–Crippen MR) is 109 cm³/mol. The van der Waals surface area contributed by atoms with E-state index in [-0.39, 0.29) is 12.4 Å². The lowest BCUT2D eigenvalue weighted by molar-refractivity contribution is 0.268. The van der Waals surface area contributed by atoms with Crippen LogP contribution in [0.3, 0.4) is 0 Å². The van der Waals surface area contributed by atoms with Gasteiger partial charge in [0.1, 0.15) is 0 Å². The van der Waals surface area contributed by atoms with Crippen molar-refractivity contribution in [2.75, 3.05) is 26.2 Å². The van der Waals surface area contributed by atoms with Gasteiger partial charge in [0.15, 0.2) is 0 Å². The second-order valence-electron chi connectivity index (χ2n) is 6.52. The van der Waals surface area contributed by atoms with E-state index in [1.165, 1.54) is 0 Å². The van der Waals surface area contributed by atoms with Crippen LogP contribution in [0.1, 0.15) is 19.8 Å². The number of piperidine rings is 1. The van der Waals surface area contributed by atoms with Crippen LogP contribution in [0.25, 0.3) is 11.1 Å². The van der Waals surface area contributed by atoms with Crippen LogP contribution in [0.15, 0.2) is 59.5 Å². The Hall–Kier alpha value is -1.40. The first kappa shape index (κ1) is 20.9. The Balaban J connectivity index is 0.00000243. The van der Waals surface area contributed by atoms with E-state index in [0.717, 1.165) is 37.1 Å². The Morgan fingerprint density at radius 1 is 1.00 bits per heavy atom. The van der Waals surface area contributed by atoms with E-state index in [9.17, 15) is 8.42 Å². The molecule has 6 heteroatoms. The Kier molecular flexibility index (Phi) is 7.65. The van der Waals surface area contributed by atoms with Gasteiger partial charge < -0.3 is 5.32 Å². The lowest BCUT2D eigenvalue weighted by Gasteiger charge is -2.31. The molecule has 2 aromatic rings. The van der Waals surface area contributed by atoms with Crippen LogP contribution in [0, 0.1) is 5.92 Å². The van der Waals surface area contributed by atoms with Gasteiger partial charge in [-0.3, -0.25) is 0 Å². The van der Waals surface area contributed by atoms with Crippen LogP contribution in [-0.4, -0.2) is 38.9 Å². The fourth-order valence-electron chi connectivity index (χ4n) is 3.39. The molecule has 0 spiro atoms. The Morgan fingerprint density at radius 3 is 2.27 bits per heavy atom. The van der Waals surface area contributed by atoms with Crippen molar-refractivity contribution in [3.05, 3.63) is 54.6 Å². The number of hydrogen-bond acceptors (Lipinski definition) is 3. The van der Waals surface area contributed by atoms with Gasteiger partial charge in [-0.1, -0.05) is 55.5 Å². The fourth-order valence-corrected chi connectivity index (χ4v) is 5.07. The molecule has 2 aromatic carbocycles. The number of nitrogens with one attached hydrogen (secondary N) is 1. The zero-order chi connectivity index (χ0) is 17.7. The minimum atomic E-state index is -3.47. The van der Waals surface area contributed by atoms with Crippen LogP contribution in [0.5, 0.6) is 0 Å². The van der Waals surface area contributed by atoms with Crippen molar-refractivity contribution < 1.29 is 8.42 Å². The van der Waals surface area contributed by atoms with E-state index in [2.05, 4.69) is 12.2 Å². The summed E-state index contributed by atoms with van der Waals surface area (Å²) in [6.45, 7) is 5.23. The maximum atomic E-state index is 13.2. The van der Waals surface area contributed by atoms with E-state index in [1.54, 1.807) is 16.4 Å². The Bertz CT molecular complexity index is 788. The molecule has 0 unspecified atom stereocenters. The van der Waals surface area contributed by atoms with Crippen molar-refractivity contribution in [3.63, 3.8) is 0 Å². The molecular formula is C20H27ClN2O2S. The van der Waals surface area contributed by atoms with Gasteiger partial charge in [-0.2, -0.15) is 4.31 Å². The average Bonchev–Trinajstić information content (AvgIpc) is 2.67. The minimum absolute atomic E-state index is 0. The van der Waals surface area contributed by atoms with Gasteiger partial charge in [0.05, 0.1) is 4.90 Å². The third-order valence-corrected chi connectivity index (χ3v) is 6.80. The minimum Gasteiger partial charge on any atom is -0.317 e. The van der Waals surface area contributed by atoms with Gasteiger partial charge in [0, 0.05) is 18.7 Å². The second kappa shape index (κ2) is 9.51. The lowest BCUT2D eigenvalue weighted by atomic mass is 9.98. The summed E-state index contributed by atoms with van der Waals surface area (Å²) in [5.41, 5.74) is 1.71. The molecular weight excluding hydrogens is 368 g/mol. The summed E-state index contributed by atoms with van der Waals surface area (Å²) in [5, 5.41) is 3.37. The molecule has 1 heterocycles. The number of hydrogen-bond donors (Lipinski definition) is 1. The van der Waals surface area contributed by atoms with Gasteiger partial charge in [-0.05, 0) is 43.5 Å². The average molecular weight is 395 g/mol. The van der Waals surface area contributed by atoms with E-state index in [0.29, 0.717) is 23.9 Å². The molecule has 0 saturated carbocycles. The number of nitrogens with zero attached hydrogens (tertiary/aromatic N) is 1. The van der Waals surface area contributed by atoms with Crippen molar-refractivity contribution in [1.29, 1.82) is 0 Å². The van der Waals surface area contributed by atoms with Gasteiger partial charge in [0.2, 0.25) is 10.0 Å². The standard InChI is InChI=1S/C20H26N2O2S.ClH/c1-2-21-16-17-12-14-22(15-13-17)25(23,24)20-11-7-6-10-19(20)18-8-4-3-5-9-18;/h3-11,17,21H,2,12-16H2,1H3;1H. The van der Waals surface area contributed by atoms with E-state index >= 15 is 0 Å². The summed E-state index contributed by atoms with van der Waals surface area (Å²) in [6.07, 6.45) is 1.83. The Morgan fingerprint density at radius 2 is 1.62 bits per heavy atom. The summed E-state index contributed by atoms with van der Waals surface area (Å²) >= 11 is 0. The number of benzene rings is 2. The summed E-state index contributed by atoms with van der Waals surface area (Å²) in [5.74, 6) is 0.566. The van der Waals surface area contributed by atoms with Crippen molar-refractivity contribution in [1.82, 2.24) is 9.62 Å². The third kappa shape index (κ3) is 4.65. The highest BCUT2D eigenvalue weighted by atomic mass is 35.5. The molecule has 26 heavy (non-hydrogen) atoms. The van der Waals surface area contributed by atoms with Crippen molar-refractivity contribution in [2.24, 2.45) is 5.92 Å². The first-order chi connectivity index (χ1) is 12.1. The zero-order valence-electron chi connectivity index (χ0n) is 15.1. The molecule has 1 saturated heterocycles. The van der Waals surface area contributed by atoms with Crippen LogP contribution in [-0.2, 0) is 10.0 Å². The molecule has 3 rings (SSSR count). The fraction of sp³-hybridized carbons (Fsp3) is 0.400. The highest BCUT2D eigenvalue weighted by Gasteiger charge is 2.30. The van der Waals surface area contributed by atoms with Crippen LogP contribution >= 0.6 is 12.4 Å². The van der Waals surface area contributed by atoms with Crippen LogP contribution in [0.2, 0.25) is 0 Å². The maximum absolute atomic E-state index is 13.2. The van der Waals surface area contributed by atoms with E-state index in [4.69, 9.17) is 0 Å². The largest absolute Gasteiger partial charge is 0.317 e. The van der Waals surface area contributed by atoms with Crippen LogP contribution < -0.4 is 5.32 Å². The van der Waals surface area contributed by atoms with Crippen molar-refractivity contribution in [3.8, 4) is 11.1 Å². The normalized spacial score (nSPS) is 16.2. The SMILES string of the molecule is CCNCC1CCN(S(=O)(=O)c2ccccc2-c2ccccc2)CC1.Cl. The monoisotopic (exact) mass is 394 g/mol. The molecule has 0 amide bonds. The molecule has 1 aliphatic rings. The third-order valence-electron chi connectivity index (χ3n) is 4.85. The lowest BCUT2D eigenvalue weighted by Crippen LogP contribution is -2.40. The first-order valence-electron chi connectivity index (χ1n) is 8.98. The number of rotatable bonds is 6. The van der Waals surface area contributed by atoms with E-state index < -0.39 is 10.0 Å². The van der Waals surface area contributed by atoms with Crippen LogP contribution in [0.4, 0.5) is 0 Å². The number of sulfonamides is 1. The summed E-state index contributed by atoms with van der Waals surface area (Å²) < 4.78 is 28.1. The molecule has 1 aliphatic heterocycles. The summed E-state index contributed by atoms with van der Waals surface area (Å²) in [7, 11) is -3.47. The predicted octanol–water partition coefficient (Wildman–Crippen LogP) is 3.79. The van der Waals surface area contributed by atoms with E-state index in [1.807, 2.05) is 42.5 Å². The highest BCUT2D eigenvalue weighted by molar-refractivity contribution is 7.89. The zero-order valence-corrected chi connectivity index (χ0v) is 16.7. The van der Waals surface area contributed by atoms with Crippen molar-refractivity contribution in [2.45, 2.75) is 24.7 Å². The first-order valence-corrected chi connectivity index (χ1v) is 10.4. The molecule has 1 N–H and O–H groups in total.